The zero-order valence-electron chi connectivity index (χ0n) is 15.9. The molecule has 0 aliphatic rings. The number of urea groups is 1. The number of benzene rings is 1. The summed E-state index contributed by atoms with van der Waals surface area (Å²) in [4.78, 5) is 28.8. The molecule has 0 unspecified atom stereocenters. The first-order chi connectivity index (χ1) is 12.8. The highest BCUT2D eigenvalue weighted by Gasteiger charge is 2.20. The molecule has 0 fully saturated rings. The molecule has 0 aliphatic carbocycles. The molecule has 3 aromatic rings. The van der Waals surface area contributed by atoms with Gasteiger partial charge in [0.05, 0.1) is 23.8 Å². The van der Waals surface area contributed by atoms with Gasteiger partial charge >= 0.3 is 11.7 Å². The number of carbonyl (C=O) groups is 1. The molecule has 144 valence electrons. The van der Waals surface area contributed by atoms with Crippen molar-refractivity contribution < 1.29 is 14.1 Å². The smallest absolute Gasteiger partial charge is 0.328 e. The van der Waals surface area contributed by atoms with E-state index in [0.717, 1.165) is 0 Å². The highest BCUT2D eigenvalue weighted by atomic mass is 16.5. The summed E-state index contributed by atoms with van der Waals surface area (Å²) in [5.74, 6) is 1.29. The Morgan fingerprint density at radius 3 is 2.52 bits per heavy atom. The van der Waals surface area contributed by atoms with Crippen LogP contribution in [0.1, 0.15) is 31.1 Å². The van der Waals surface area contributed by atoms with Gasteiger partial charge in [0, 0.05) is 20.2 Å². The quantitative estimate of drug-likeness (QED) is 0.704. The number of aromatic nitrogens is 4. The number of methoxy groups -OCH3 is 1. The first-order valence-electron chi connectivity index (χ1n) is 8.46. The molecule has 1 aromatic carbocycles. The van der Waals surface area contributed by atoms with Crippen LogP contribution in [-0.2, 0) is 14.1 Å². The molecular formula is C17H22N6O4. The van der Waals surface area contributed by atoms with Crippen LogP contribution >= 0.6 is 0 Å². The van der Waals surface area contributed by atoms with E-state index in [-0.39, 0.29) is 5.69 Å². The fraction of sp³-hybridized carbons (Fsp3) is 0.412. The van der Waals surface area contributed by atoms with Crippen LogP contribution in [0.4, 0.5) is 10.5 Å². The fourth-order valence-electron chi connectivity index (χ4n) is 2.90. The van der Waals surface area contributed by atoms with E-state index in [2.05, 4.69) is 20.8 Å². The average Bonchev–Trinajstić information content (AvgIpc) is 3.17. The number of fused-ring (bicyclic) bond motifs is 1. The Kier molecular flexibility index (Phi) is 4.89. The third-order valence-corrected chi connectivity index (χ3v) is 4.40. The van der Waals surface area contributed by atoms with Crippen molar-refractivity contribution in [2.75, 3.05) is 12.4 Å². The first-order valence-corrected chi connectivity index (χ1v) is 8.46. The molecule has 0 saturated carbocycles. The number of anilines is 1. The normalized spacial score (nSPS) is 12.2. The van der Waals surface area contributed by atoms with Gasteiger partial charge in [-0.1, -0.05) is 12.1 Å². The molecule has 0 saturated heterocycles. The maximum Gasteiger partial charge on any atom is 0.328 e. The summed E-state index contributed by atoms with van der Waals surface area (Å²) < 4.78 is 13.5. The molecule has 1 atom stereocenters. The van der Waals surface area contributed by atoms with Crippen LogP contribution < -0.4 is 21.1 Å². The molecule has 2 heterocycles. The third-order valence-electron chi connectivity index (χ3n) is 4.40. The molecule has 0 aliphatic heterocycles. The molecule has 10 heteroatoms. The number of amides is 2. The van der Waals surface area contributed by atoms with Gasteiger partial charge in [0.2, 0.25) is 5.89 Å². The van der Waals surface area contributed by atoms with Crippen LogP contribution in [0.2, 0.25) is 0 Å². The van der Waals surface area contributed by atoms with Gasteiger partial charge in [-0.3, -0.25) is 9.13 Å². The minimum Gasteiger partial charge on any atom is -0.494 e. The summed E-state index contributed by atoms with van der Waals surface area (Å²) in [6.07, 6.45) is 0.582. The molecule has 0 radical (unpaired) electrons. The van der Waals surface area contributed by atoms with Gasteiger partial charge in [0.1, 0.15) is 11.8 Å². The predicted molar refractivity (Wildman–Crippen MR) is 98.9 cm³/mol. The minimum absolute atomic E-state index is 0.161. The van der Waals surface area contributed by atoms with Gasteiger partial charge in [-0.25, -0.2) is 9.59 Å². The number of hydrogen-bond donors (Lipinski definition) is 2. The zero-order chi connectivity index (χ0) is 19.7. The Morgan fingerprint density at radius 2 is 1.96 bits per heavy atom. The van der Waals surface area contributed by atoms with E-state index in [1.54, 1.807) is 33.2 Å². The molecule has 2 aromatic heterocycles. The maximum atomic E-state index is 12.5. The number of rotatable bonds is 5. The lowest BCUT2D eigenvalue weighted by Crippen LogP contribution is -2.32. The van der Waals surface area contributed by atoms with Crippen LogP contribution in [-0.4, -0.2) is 32.4 Å². The second-order valence-electron chi connectivity index (χ2n) is 6.18. The third kappa shape index (κ3) is 3.37. The molecule has 2 N–H and O–H groups in total. The Morgan fingerprint density at radius 1 is 1.30 bits per heavy atom. The standard InChI is InChI=1S/C17H22N6O4/c1-6-10(15-18-9(2)21-27-15)19-16(24)20-11-7-12-13(8-14(11)26-5)23(4)17(25)22(12)3/h7-8,10H,6H2,1-5H3,(H2,19,20,24)/t10-/m1/s1. The number of hydrogen-bond acceptors (Lipinski definition) is 6. The van der Waals surface area contributed by atoms with Gasteiger partial charge in [-0.15, -0.1) is 0 Å². The summed E-state index contributed by atoms with van der Waals surface area (Å²) in [5, 5.41) is 9.31. The van der Waals surface area contributed by atoms with E-state index in [9.17, 15) is 9.59 Å². The summed E-state index contributed by atoms with van der Waals surface area (Å²) in [6.45, 7) is 3.61. The molecule has 0 spiro atoms. The van der Waals surface area contributed by atoms with Crippen LogP contribution in [0, 0.1) is 6.92 Å². The Hall–Kier alpha value is -3.30. The number of nitrogens with one attached hydrogen (secondary N) is 2. The van der Waals surface area contributed by atoms with Gasteiger partial charge in [0.25, 0.3) is 0 Å². The fourth-order valence-corrected chi connectivity index (χ4v) is 2.90. The predicted octanol–water partition coefficient (Wildman–Crippen LogP) is 1.85. The Labute approximate surface area is 155 Å². The van der Waals surface area contributed by atoms with E-state index >= 15 is 0 Å². The van der Waals surface area contributed by atoms with Crippen molar-refractivity contribution >= 4 is 22.8 Å². The average molecular weight is 374 g/mol. The van der Waals surface area contributed by atoms with Crippen molar-refractivity contribution in [1.29, 1.82) is 0 Å². The van der Waals surface area contributed by atoms with Crippen molar-refractivity contribution in [2.45, 2.75) is 26.3 Å². The molecule has 2 amide bonds. The van der Waals surface area contributed by atoms with Gasteiger partial charge in [-0.05, 0) is 19.4 Å². The van der Waals surface area contributed by atoms with Gasteiger partial charge in [-0.2, -0.15) is 4.98 Å². The number of aryl methyl sites for hydroxylation is 3. The van der Waals surface area contributed by atoms with E-state index in [1.165, 1.54) is 16.2 Å². The van der Waals surface area contributed by atoms with E-state index in [0.29, 0.717) is 40.6 Å². The topological polar surface area (TPSA) is 116 Å². The van der Waals surface area contributed by atoms with E-state index in [1.807, 2.05) is 6.92 Å². The summed E-state index contributed by atoms with van der Waals surface area (Å²) in [6, 6.07) is 2.55. The SMILES string of the molecule is CC[C@@H](NC(=O)Nc1cc2c(cc1OC)n(C)c(=O)n2C)c1nc(C)no1. The summed E-state index contributed by atoms with van der Waals surface area (Å²) >= 11 is 0. The number of imidazole rings is 1. The van der Waals surface area contributed by atoms with Crippen LogP contribution in [0.5, 0.6) is 5.75 Å². The van der Waals surface area contributed by atoms with Gasteiger partial charge < -0.3 is 19.9 Å². The van der Waals surface area contributed by atoms with Crippen molar-refractivity contribution in [1.82, 2.24) is 24.6 Å². The highest BCUT2D eigenvalue weighted by molar-refractivity contribution is 5.94. The molecular weight excluding hydrogens is 352 g/mol. The zero-order valence-corrected chi connectivity index (χ0v) is 15.9. The lowest BCUT2D eigenvalue weighted by atomic mass is 10.2. The first kappa shape index (κ1) is 18.5. The molecule has 3 rings (SSSR count). The molecule has 27 heavy (non-hydrogen) atoms. The number of ether oxygens (including phenoxy) is 1. The second kappa shape index (κ2) is 7.14. The van der Waals surface area contributed by atoms with Crippen molar-refractivity contribution in [2.24, 2.45) is 14.1 Å². The second-order valence-corrected chi connectivity index (χ2v) is 6.18. The van der Waals surface area contributed by atoms with E-state index < -0.39 is 12.1 Å². The lowest BCUT2D eigenvalue weighted by Gasteiger charge is -2.15. The van der Waals surface area contributed by atoms with Crippen molar-refractivity contribution in [3.05, 3.63) is 34.3 Å². The van der Waals surface area contributed by atoms with Gasteiger partial charge in [0.15, 0.2) is 5.82 Å². The Bertz CT molecular complexity index is 1050. The summed E-state index contributed by atoms with van der Waals surface area (Å²) in [5.41, 5.74) is 1.67. The van der Waals surface area contributed by atoms with Crippen LogP contribution in [0.25, 0.3) is 11.0 Å². The number of nitrogens with zero attached hydrogens (tertiary/aromatic N) is 4. The molecule has 10 nitrogen and oxygen atoms in total. The maximum absolute atomic E-state index is 12.5. The van der Waals surface area contributed by atoms with Crippen molar-refractivity contribution in [3.63, 3.8) is 0 Å². The Balaban J connectivity index is 1.87. The lowest BCUT2D eigenvalue weighted by molar-refractivity contribution is 0.243. The number of carbonyl (C=O) groups excluding carboxylic acids is 1. The van der Waals surface area contributed by atoms with Crippen LogP contribution in [0.3, 0.4) is 0 Å². The van der Waals surface area contributed by atoms with Crippen LogP contribution in [0.15, 0.2) is 21.5 Å². The molecule has 0 bridgehead atoms. The van der Waals surface area contributed by atoms with Crippen molar-refractivity contribution in [3.8, 4) is 5.75 Å². The minimum atomic E-state index is -0.448. The monoisotopic (exact) mass is 374 g/mol. The highest BCUT2D eigenvalue weighted by Crippen LogP contribution is 2.29. The van der Waals surface area contributed by atoms with E-state index in [4.69, 9.17) is 9.26 Å². The summed E-state index contributed by atoms with van der Waals surface area (Å²) in [7, 11) is 4.86. The largest absolute Gasteiger partial charge is 0.494 e.